The van der Waals surface area contributed by atoms with Gasteiger partial charge in [0.15, 0.2) is 0 Å². The van der Waals surface area contributed by atoms with E-state index in [2.05, 4.69) is 11.4 Å². The van der Waals surface area contributed by atoms with Crippen molar-refractivity contribution in [3.8, 4) is 16.6 Å². The SMILES string of the molecule is O=C(Nc1c2c(nn1-c1nc3ccccc3s1)CCC2)C1c2ccccc2Oc2ccccc21. The largest absolute Gasteiger partial charge is 0.457 e. The minimum atomic E-state index is -0.475. The molecule has 3 aromatic carbocycles. The summed E-state index contributed by atoms with van der Waals surface area (Å²) in [7, 11) is 0. The lowest BCUT2D eigenvalue weighted by Crippen LogP contribution is -2.26. The molecule has 3 heterocycles. The van der Waals surface area contributed by atoms with E-state index in [-0.39, 0.29) is 5.91 Å². The Labute approximate surface area is 199 Å². The number of carbonyl (C=O) groups excluding carboxylic acids is 1. The summed E-state index contributed by atoms with van der Waals surface area (Å²) in [5.41, 5.74) is 4.81. The van der Waals surface area contributed by atoms with E-state index in [1.807, 2.05) is 71.4 Å². The number of fused-ring (bicyclic) bond motifs is 4. The number of benzene rings is 3. The zero-order valence-electron chi connectivity index (χ0n) is 18.2. The Kier molecular flexibility index (Phi) is 4.32. The maximum absolute atomic E-state index is 13.9. The summed E-state index contributed by atoms with van der Waals surface area (Å²) in [6.07, 6.45) is 2.86. The maximum atomic E-state index is 13.9. The summed E-state index contributed by atoms with van der Waals surface area (Å²) in [5.74, 6) is 1.59. The third-order valence-corrected chi connectivity index (χ3v) is 7.57. The van der Waals surface area contributed by atoms with Crippen molar-refractivity contribution in [3.63, 3.8) is 0 Å². The van der Waals surface area contributed by atoms with Crippen molar-refractivity contribution in [2.24, 2.45) is 0 Å². The number of thiazole rings is 1. The predicted octanol–water partition coefficient (Wildman–Crippen LogP) is 5.85. The van der Waals surface area contributed by atoms with Crippen LogP contribution in [0.4, 0.5) is 5.82 Å². The van der Waals surface area contributed by atoms with Gasteiger partial charge in [-0.25, -0.2) is 4.98 Å². The molecule has 0 bridgehead atoms. The van der Waals surface area contributed by atoms with Gasteiger partial charge in [-0.3, -0.25) is 4.79 Å². The van der Waals surface area contributed by atoms with Crippen LogP contribution in [0.1, 0.15) is 34.7 Å². The van der Waals surface area contributed by atoms with E-state index < -0.39 is 5.92 Å². The van der Waals surface area contributed by atoms with Gasteiger partial charge in [-0.15, -0.1) is 0 Å². The number of nitrogens with one attached hydrogen (secondary N) is 1. The average Bonchev–Trinajstić information content (AvgIpc) is 3.57. The second kappa shape index (κ2) is 7.53. The van der Waals surface area contributed by atoms with E-state index in [1.54, 1.807) is 11.3 Å². The lowest BCUT2D eigenvalue weighted by atomic mass is 9.87. The number of hydrogen-bond donors (Lipinski definition) is 1. The number of amides is 1. The van der Waals surface area contributed by atoms with Crippen molar-refractivity contribution < 1.29 is 9.53 Å². The minimum Gasteiger partial charge on any atom is -0.457 e. The Bertz CT molecular complexity index is 1510. The van der Waals surface area contributed by atoms with Crippen molar-refractivity contribution in [1.29, 1.82) is 0 Å². The molecule has 0 saturated heterocycles. The molecule has 0 unspecified atom stereocenters. The fourth-order valence-electron chi connectivity index (χ4n) is 4.99. The Morgan fingerprint density at radius 1 is 0.941 bits per heavy atom. The zero-order chi connectivity index (χ0) is 22.6. The topological polar surface area (TPSA) is 69.0 Å². The van der Waals surface area contributed by atoms with Crippen molar-refractivity contribution in [2.75, 3.05) is 5.32 Å². The van der Waals surface area contributed by atoms with E-state index in [4.69, 9.17) is 14.8 Å². The number of aromatic nitrogens is 3. The van der Waals surface area contributed by atoms with Crippen molar-refractivity contribution in [3.05, 3.63) is 95.2 Å². The third-order valence-electron chi connectivity index (χ3n) is 6.55. The first-order valence-electron chi connectivity index (χ1n) is 11.4. The molecule has 7 heteroatoms. The van der Waals surface area contributed by atoms with Crippen LogP contribution in [0.3, 0.4) is 0 Å². The van der Waals surface area contributed by atoms with E-state index >= 15 is 0 Å². The molecule has 7 rings (SSSR count). The number of carbonyl (C=O) groups is 1. The summed E-state index contributed by atoms with van der Waals surface area (Å²) in [4.78, 5) is 18.7. The molecule has 0 atom stereocenters. The van der Waals surface area contributed by atoms with Crippen molar-refractivity contribution >= 4 is 33.3 Å². The summed E-state index contributed by atoms with van der Waals surface area (Å²) >= 11 is 1.58. The molecule has 2 aromatic heterocycles. The van der Waals surface area contributed by atoms with Crippen LogP contribution >= 0.6 is 11.3 Å². The minimum absolute atomic E-state index is 0.0971. The third kappa shape index (κ3) is 2.97. The van der Waals surface area contributed by atoms with Crippen molar-refractivity contribution in [2.45, 2.75) is 25.2 Å². The molecule has 0 fully saturated rings. The molecule has 0 saturated carbocycles. The summed E-state index contributed by atoms with van der Waals surface area (Å²) in [5, 5.41) is 8.89. The number of hydrogen-bond acceptors (Lipinski definition) is 5. The van der Waals surface area contributed by atoms with Crippen LogP contribution in [0, 0.1) is 0 Å². The molecule has 5 aromatic rings. The molecule has 166 valence electrons. The van der Waals surface area contributed by atoms with Gasteiger partial charge in [-0.05, 0) is 43.5 Å². The molecule has 1 amide bonds. The second-order valence-corrected chi connectivity index (χ2v) is 9.61. The molecular formula is C27H20N4O2S. The highest BCUT2D eigenvalue weighted by atomic mass is 32.1. The lowest BCUT2D eigenvalue weighted by Gasteiger charge is -2.27. The summed E-state index contributed by atoms with van der Waals surface area (Å²) < 4.78 is 9.01. The Balaban J connectivity index is 1.33. The summed E-state index contributed by atoms with van der Waals surface area (Å²) in [6.45, 7) is 0. The maximum Gasteiger partial charge on any atom is 0.237 e. The van der Waals surface area contributed by atoms with Gasteiger partial charge in [0.2, 0.25) is 11.0 Å². The van der Waals surface area contributed by atoms with E-state index in [9.17, 15) is 4.79 Å². The Hall–Kier alpha value is -3.97. The molecule has 2 aliphatic rings. The number of ether oxygens (including phenoxy) is 1. The standard InChI is InChI=1S/C27H20N4O2S/c32-26(24-17-8-1-4-13-21(17)33-22-14-5-2-9-18(22)24)29-25-16-10-7-12-19(16)30-31(25)27-28-20-11-3-6-15-23(20)34-27/h1-6,8-9,11,13-15,24H,7,10,12H2,(H,29,32). The van der Waals surface area contributed by atoms with Crippen LogP contribution in [-0.4, -0.2) is 20.7 Å². The number of anilines is 1. The monoisotopic (exact) mass is 464 g/mol. The smallest absolute Gasteiger partial charge is 0.237 e. The van der Waals surface area contributed by atoms with Crippen LogP contribution in [-0.2, 0) is 17.6 Å². The molecule has 1 aliphatic carbocycles. The zero-order valence-corrected chi connectivity index (χ0v) is 19.0. The van der Waals surface area contributed by atoms with Gasteiger partial charge in [0.05, 0.1) is 21.8 Å². The Morgan fingerprint density at radius 3 is 2.41 bits per heavy atom. The fraction of sp³-hybridized carbons (Fsp3) is 0.148. The van der Waals surface area contributed by atoms with Crippen LogP contribution in [0.2, 0.25) is 0 Å². The van der Waals surface area contributed by atoms with Gasteiger partial charge in [-0.2, -0.15) is 9.78 Å². The number of rotatable bonds is 3. The summed E-state index contributed by atoms with van der Waals surface area (Å²) in [6, 6.07) is 23.5. The molecule has 0 radical (unpaired) electrons. The predicted molar refractivity (Wildman–Crippen MR) is 132 cm³/mol. The average molecular weight is 465 g/mol. The second-order valence-electron chi connectivity index (χ2n) is 8.60. The van der Waals surface area contributed by atoms with Crippen molar-refractivity contribution in [1.82, 2.24) is 14.8 Å². The molecule has 1 N–H and O–H groups in total. The van der Waals surface area contributed by atoms with Crippen LogP contribution in [0.25, 0.3) is 15.3 Å². The highest BCUT2D eigenvalue weighted by Gasteiger charge is 2.34. The molecular weight excluding hydrogens is 444 g/mol. The first-order chi connectivity index (χ1) is 16.8. The van der Waals surface area contributed by atoms with Crippen LogP contribution < -0.4 is 10.1 Å². The van der Waals surface area contributed by atoms with E-state index in [0.717, 1.165) is 62.8 Å². The molecule has 1 aliphatic heterocycles. The highest BCUT2D eigenvalue weighted by molar-refractivity contribution is 7.20. The normalized spacial score (nSPS) is 14.4. The van der Waals surface area contributed by atoms with E-state index in [1.165, 1.54) is 0 Å². The van der Waals surface area contributed by atoms with Crippen LogP contribution in [0.5, 0.6) is 11.5 Å². The van der Waals surface area contributed by atoms with Gasteiger partial charge in [-0.1, -0.05) is 59.9 Å². The number of aryl methyl sites for hydroxylation is 1. The first kappa shape index (κ1) is 19.5. The van der Waals surface area contributed by atoms with Gasteiger partial charge < -0.3 is 10.1 Å². The molecule has 34 heavy (non-hydrogen) atoms. The van der Waals surface area contributed by atoms with Gasteiger partial charge in [0.1, 0.15) is 17.3 Å². The number of nitrogens with zero attached hydrogens (tertiary/aromatic N) is 3. The quantitative estimate of drug-likeness (QED) is 0.364. The number of para-hydroxylation sites is 3. The van der Waals surface area contributed by atoms with Crippen LogP contribution in [0.15, 0.2) is 72.8 Å². The highest BCUT2D eigenvalue weighted by Crippen LogP contribution is 2.45. The Morgan fingerprint density at radius 2 is 1.65 bits per heavy atom. The van der Waals surface area contributed by atoms with Gasteiger partial charge in [0, 0.05) is 16.7 Å². The van der Waals surface area contributed by atoms with Gasteiger partial charge in [0.25, 0.3) is 0 Å². The lowest BCUT2D eigenvalue weighted by molar-refractivity contribution is -0.116. The fourth-order valence-corrected chi connectivity index (χ4v) is 5.91. The van der Waals surface area contributed by atoms with E-state index in [0.29, 0.717) is 11.5 Å². The molecule has 6 nitrogen and oxygen atoms in total. The molecule has 0 spiro atoms. The first-order valence-corrected chi connectivity index (χ1v) is 12.2. The van der Waals surface area contributed by atoms with Gasteiger partial charge >= 0.3 is 0 Å².